The molecule has 2 bridgehead atoms. The second-order valence-corrected chi connectivity index (χ2v) is 6.60. The zero-order chi connectivity index (χ0) is 17.0. The maximum absolute atomic E-state index is 13.0. The normalized spacial score (nSPS) is 21.5. The SMILES string of the molecule is O=C(Cn1c(=O)oc2ccccc21)N1C2CCC1c1cncnc1C2. The van der Waals surface area contributed by atoms with Crippen molar-refractivity contribution >= 4 is 17.0 Å². The lowest BCUT2D eigenvalue weighted by molar-refractivity contribution is -0.135. The van der Waals surface area contributed by atoms with Crippen LogP contribution in [0.1, 0.15) is 30.1 Å². The summed E-state index contributed by atoms with van der Waals surface area (Å²) in [7, 11) is 0. The number of benzene rings is 1. The number of carbonyl (C=O) groups is 1. The first-order valence-corrected chi connectivity index (χ1v) is 8.40. The van der Waals surface area contributed by atoms with E-state index in [0.29, 0.717) is 11.1 Å². The second-order valence-electron chi connectivity index (χ2n) is 6.60. The van der Waals surface area contributed by atoms with E-state index in [-0.39, 0.29) is 24.5 Å². The Labute approximate surface area is 142 Å². The molecule has 2 atom stereocenters. The van der Waals surface area contributed by atoms with Gasteiger partial charge < -0.3 is 9.32 Å². The van der Waals surface area contributed by atoms with E-state index in [1.165, 1.54) is 4.57 Å². The highest BCUT2D eigenvalue weighted by molar-refractivity contribution is 5.80. The zero-order valence-electron chi connectivity index (χ0n) is 13.5. The summed E-state index contributed by atoms with van der Waals surface area (Å²) in [6, 6.07) is 7.32. The van der Waals surface area contributed by atoms with Crippen molar-refractivity contribution in [3.63, 3.8) is 0 Å². The smallest absolute Gasteiger partial charge is 0.408 e. The van der Waals surface area contributed by atoms with Crippen LogP contribution in [0.15, 0.2) is 46.0 Å². The number of rotatable bonds is 2. The summed E-state index contributed by atoms with van der Waals surface area (Å²) in [5, 5.41) is 0. The van der Waals surface area contributed by atoms with Crippen molar-refractivity contribution in [2.75, 3.05) is 0 Å². The number of amides is 1. The minimum absolute atomic E-state index is 0.00806. The minimum Gasteiger partial charge on any atom is -0.408 e. The zero-order valence-corrected chi connectivity index (χ0v) is 13.5. The summed E-state index contributed by atoms with van der Waals surface area (Å²) in [4.78, 5) is 35.6. The summed E-state index contributed by atoms with van der Waals surface area (Å²) in [5.41, 5.74) is 3.22. The maximum Gasteiger partial charge on any atom is 0.420 e. The fourth-order valence-corrected chi connectivity index (χ4v) is 4.18. The van der Waals surface area contributed by atoms with Gasteiger partial charge in [-0.15, -0.1) is 0 Å². The summed E-state index contributed by atoms with van der Waals surface area (Å²) in [5.74, 6) is -0.557. The van der Waals surface area contributed by atoms with E-state index in [4.69, 9.17) is 4.42 Å². The summed E-state index contributed by atoms with van der Waals surface area (Å²) in [6.07, 6.45) is 5.99. The van der Waals surface area contributed by atoms with Crippen molar-refractivity contribution in [3.05, 3.63) is 58.6 Å². The molecule has 5 rings (SSSR count). The Morgan fingerprint density at radius 3 is 3.08 bits per heavy atom. The van der Waals surface area contributed by atoms with Crippen molar-refractivity contribution < 1.29 is 9.21 Å². The monoisotopic (exact) mass is 336 g/mol. The van der Waals surface area contributed by atoms with Crippen molar-refractivity contribution in [1.82, 2.24) is 19.4 Å². The van der Waals surface area contributed by atoms with Gasteiger partial charge in [0.05, 0.1) is 17.3 Å². The van der Waals surface area contributed by atoms with E-state index in [2.05, 4.69) is 9.97 Å². The average Bonchev–Trinajstić information content (AvgIpc) is 3.11. The van der Waals surface area contributed by atoms with Gasteiger partial charge in [0.1, 0.15) is 12.9 Å². The highest BCUT2D eigenvalue weighted by atomic mass is 16.4. The first kappa shape index (κ1) is 14.4. The van der Waals surface area contributed by atoms with Crippen LogP contribution in [-0.4, -0.2) is 31.4 Å². The number of hydrogen-bond acceptors (Lipinski definition) is 5. The lowest BCUT2D eigenvalue weighted by atomic mass is 9.99. The highest BCUT2D eigenvalue weighted by Crippen LogP contribution is 2.42. The molecule has 0 spiro atoms. The molecule has 7 heteroatoms. The van der Waals surface area contributed by atoms with Gasteiger partial charge in [-0.1, -0.05) is 12.1 Å². The predicted molar refractivity (Wildman–Crippen MR) is 88.8 cm³/mol. The third-order valence-electron chi connectivity index (χ3n) is 5.27. The van der Waals surface area contributed by atoms with Gasteiger partial charge in [0.2, 0.25) is 5.91 Å². The van der Waals surface area contributed by atoms with Gasteiger partial charge >= 0.3 is 5.76 Å². The van der Waals surface area contributed by atoms with E-state index in [0.717, 1.165) is 30.5 Å². The predicted octanol–water partition coefficient (Wildman–Crippen LogP) is 1.67. The Morgan fingerprint density at radius 1 is 1.28 bits per heavy atom. The molecule has 25 heavy (non-hydrogen) atoms. The van der Waals surface area contributed by atoms with Gasteiger partial charge in [0.15, 0.2) is 5.58 Å². The Kier molecular flexibility index (Phi) is 3.03. The lowest BCUT2D eigenvalue weighted by Crippen LogP contribution is -2.44. The third-order valence-corrected chi connectivity index (χ3v) is 5.27. The Hall–Kier alpha value is -2.96. The Bertz CT molecular complexity index is 1040. The number of fused-ring (bicyclic) bond motifs is 5. The molecule has 1 aromatic carbocycles. The van der Waals surface area contributed by atoms with Crippen LogP contribution in [0.3, 0.4) is 0 Å². The number of oxazole rings is 1. The number of para-hydroxylation sites is 2. The van der Waals surface area contributed by atoms with Gasteiger partial charge in [-0.2, -0.15) is 0 Å². The fourth-order valence-electron chi connectivity index (χ4n) is 4.18. The second kappa shape index (κ2) is 5.27. The molecule has 4 heterocycles. The van der Waals surface area contributed by atoms with E-state index < -0.39 is 5.76 Å². The van der Waals surface area contributed by atoms with Crippen molar-refractivity contribution in [2.24, 2.45) is 0 Å². The molecule has 3 aromatic rings. The summed E-state index contributed by atoms with van der Waals surface area (Å²) in [6.45, 7) is -0.00806. The molecular weight excluding hydrogens is 320 g/mol. The molecule has 0 radical (unpaired) electrons. The van der Waals surface area contributed by atoms with Gasteiger partial charge in [-0.3, -0.25) is 9.36 Å². The largest absolute Gasteiger partial charge is 0.420 e. The molecule has 2 unspecified atom stereocenters. The molecule has 1 fully saturated rings. The summed E-state index contributed by atoms with van der Waals surface area (Å²) >= 11 is 0. The topological polar surface area (TPSA) is 81.2 Å². The number of nitrogens with zero attached hydrogens (tertiary/aromatic N) is 4. The number of aromatic nitrogens is 3. The van der Waals surface area contributed by atoms with Crippen LogP contribution in [0, 0.1) is 0 Å². The van der Waals surface area contributed by atoms with Crippen LogP contribution in [0.25, 0.3) is 11.1 Å². The lowest BCUT2D eigenvalue weighted by Gasteiger charge is -2.35. The standard InChI is InChI=1S/C18H16N4O3/c23-17(9-21-15-3-1-2-4-16(15)25-18(21)24)22-11-5-6-14(22)12-8-19-10-20-13(12)7-11/h1-4,8,10-11,14H,5-7,9H2. The van der Waals surface area contributed by atoms with Crippen molar-refractivity contribution in [3.8, 4) is 0 Å². The maximum atomic E-state index is 13.0. The molecule has 0 saturated carbocycles. The number of hydrogen-bond donors (Lipinski definition) is 0. The molecule has 2 aliphatic rings. The molecule has 126 valence electrons. The first-order valence-electron chi connectivity index (χ1n) is 8.40. The number of carbonyl (C=O) groups excluding carboxylic acids is 1. The Morgan fingerprint density at radius 2 is 2.16 bits per heavy atom. The molecule has 7 nitrogen and oxygen atoms in total. The molecule has 2 aliphatic heterocycles. The molecule has 2 aromatic heterocycles. The van der Waals surface area contributed by atoms with Crippen LogP contribution in [0.2, 0.25) is 0 Å². The van der Waals surface area contributed by atoms with Crippen LogP contribution in [-0.2, 0) is 17.8 Å². The van der Waals surface area contributed by atoms with Gasteiger partial charge in [-0.25, -0.2) is 14.8 Å². The molecule has 1 saturated heterocycles. The van der Waals surface area contributed by atoms with E-state index in [1.54, 1.807) is 24.5 Å². The van der Waals surface area contributed by atoms with Gasteiger partial charge in [-0.05, 0) is 25.0 Å². The molecule has 0 N–H and O–H groups in total. The highest BCUT2D eigenvalue weighted by Gasteiger charge is 2.43. The Balaban J connectivity index is 1.49. The van der Waals surface area contributed by atoms with Crippen LogP contribution in [0.4, 0.5) is 0 Å². The fraction of sp³-hybridized carbons (Fsp3) is 0.333. The minimum atomic E-state index is -0.498. The van der Waals surface area contributed by atoms with Crippen molar-refractivity contribution in [2.45, 2.75) is 37.9 Å². The third kappa shape index (κ3) is 2.12. The van der Waals surface area contributed by atoms with Crippen LogP contribution >= 0.6 is 0 Å². The van der Waals surface area contributed by atoms with Gasteiger partial charge in [0, 0.05) is 24.2 Å². The molecule has 0 aliphatic carbocycles. The average molecular weight is 336 g/mol. The van der Waals surface area contributed by atoms with E-state index in [9.17, 15) is 9.59 Å². The van der Waals surface area contributed by atoms with Crippen LogP contribution < -0.4 is 5.76 Å². The van der Waals surface area contributed by atoms with Gasteiger partial charge in [0.25, 0.3) is 0 Å². The summed E-state index contributed by atoms with van der Waals surface area (Å²) < 4.78 is 6.64. The van der Waals surface area contributed by atoms with Crippen LogP contribution in [0.5, 0.6) is 0 Å². The molecular formula is C18H16N4O3. The van der Waals surface area contributed by atoms with E-state index in [1.807, 2.05) is 17.2 Å². The quantitative estimate of drug-likeness (QED) is 0.711. The van der Waals surface area contributed by atoms with E-state index >= 15 is 0 Å². The van der Waals surface area contributed by atoms with Crippen molar-refractivity contribution in [1.29, 1.82) is 0 Å². The molecule has 1 amide bonds. The first-order chi connectivity index (χ1) is 12.2.